The number of hydrogen-bond donors (Lipinski definition) is 1. The van der Waals surface area contributed by atoms with Crippen LogP contribution in [0.5, 0.6) is 11.5 Å². The minimum absolute atomic E-state index is 0. The summed E-state index contributed by atoms with van der Waals surface area (Å²) >= 11 is 0. The van der Waals surface area contributed by atoms with Gasteiger partial charge in [0, 0.05) is 18.7 Å². The number of ether oxygens (including phenoxy) is 2. The van der Waals surface area contributed by atoms with Crippen LogP contribution in [0.4, 0.5) is 0 Å². The third-order valence-corrected chi connectivity index (χ3v) is 3.96. The fourth-order valence-electron chi connectivity index (χ4n) is 2.70. The van der Waals surface area contributed by atoms with E-state index in [2.05, 4.69) is 39.7 Å². The molecule has 2 aromatic carbocycles. The van der Waals surface area contributed by atoms with Crippen molar-refractivity contribution in [3.63, 3.8) is 0 Å². The molecule has 0 fully saturated rings. The molecule has 7 heteroatoms. The lowest BCUT2D eigenvalue weighted by molar-refractivity contribution is 0.350. The number of hydrogen-bond acceptors (Lipinski definition) is 5. The lowest BCUT2D eigenvalue weighted by Crippen LogP contribution is -2.13. The van der Waals surface area contributed by atoms with Gasteiger partial charge in [-0.2, -0.15) is 5.10 Å². The van der Waals surface area contributed by atoms with Gasteiger partial charge in [-0.3, -0.25) is 0 Å². The molecule has 1 aromatic heterocycles. The van der Waals surface area contributed by atoms with Crippen LogP contribution in [0.25, 0.3) is 0 Å². The number of nitrogens with one attached hydrogen (secondary N) is 1. The molecule has 0 aliphatic rings. The van der Waals surface area contributed by atoms with E-state index in [4.69, 9.17) is 9.47 Å². The Morgan fingerprint density at radius 2 is 1.73 bits per heavy atom. The van der Waals surface area contributed by atoms with Gasteiger partial charge in [-0.1, -0.05) is 36.4 Å². The summed E-state index contributed by atoms with van der Waals surface area (Å²) < 4.78 is 12.6. The number of halogens is 1. The first kappa shape index (κ1) is 19.8. The first-order valence-corrected chi connectivity index (χ1v) is 8.11. The Labute approximate surface area is 159 Å². The summed E-state index contributed by atoms with van der Waals surface area (Å²) in [5, 5.41) is 7.56. The van der Waals surface area contributed by atoms with Crippen molar-refractivity contribution in [1.29, 1.82) is 0 Å². The Kier molecular flexibility index (Phi) is 7.44. The van der Waals surface area contributed by atoms with Crippen molar-refractivity contribution in [2.45, 2.75) is 19.6 Å². The largest absolute Gasteiger partial charge is 0.493 e. The van der Waals surface area contributed by atoms with Crippen LogP contribution < -0.4 is 14.8 Å². The van der Waals surface area contributed by atoms with Crippen molar-refractivity contribution >= 4 is 12.4 Å². The van der Waals surface area contributed by atoms with Gasteiger partial charge in [-0.05, 0) is 17.2 Å². The third-order valence-electron chi connectivity index (χ3n) is 3.96. The molecule has 1 heterocycles. The first-order valence-electron chi connectivity index (χ1n) is 8.11. The maximum Gasteiger partial charge on any atom is 0.165 e. The van der Waals surface area contributed by atoms with Crippen LogP contribution >= 0.6 is 12.4 Å². The number of methoxy groups -OCH3 is 2. The second-order valence-electron chi connectivity index (χ2n) is 5.67. The van der Waals surface area contributed by atoms with E-state index in [9.17, 15) is 0 Å². The van der Waals surface area contributed by atoms with Crippen molar-refractivity contribution in [2.24, 2.45) is 0 Å². The average molecular weight is 375 g/mol. The number of aromatic nitrogens is 3. The molecule has 0 saturated carbocycles. The lowest BCUT2D eigenvalue weighted by atomic mass is 10.1. The topological polar surface area (TPSA) is 61.2 Å². The smallest absolute Gasteiger partial charge is 0.165 e. The standard InChI is InChI=1S/C19H22N4O2.ClH/c1-24-18-5-3-4-17(19(18)25-2)11-20-10-15-6-8-16(9-7-15)12-23-14-21-13-22-23;/h3-9,13-14,20H,10-12H2,1-2H3;1H. The van der Waals surface area contributed by atoms with Gasteiger partial charge in [0.2, 0.25) is 0 Å². The molecule has 0 aliphatic carbocycles. The van der Waals surface area contributed by atoms with E-state index in [1.807, 2.05) is 22.9 Å². The molecule has 138 valence electrons. The molecule has 0 radical (unpaired) electrons. The van der Waals surface area contributed by atoms with E-state index >= 15 is 0 Å². The Hall–Kier alpha value is -2.57. The highest BCUT2D eigenvalue weighted by Gasteiger charge is 2.08. The number of benzene rings is 2. The van der Waals surface area contributed by atoms with Gasteiger partial charge < -0.3 is 14.8 Å². The minimum Gasteiger partial charge on any atom is -0.493 e. The summed E-state index contributed by atoms with van der Waals surface area (Å²) in [4.78, 5) is 3.95. The summed E-state index contributed by atoms with van der Waals surface area (Å²) in [7, 11) is 3.31. The molecule has 0 bridgehead atoms. The van der Waals surface area contributed by atoms with Crippen LogP contribution in [0.3, 0.4) is 0 Å². The van der Waals surface area contributed by atoms with Gasteiger partial charge >= 0.3 is 0 Å². The highest BCUT2D eigenvalue weighted by atomic mass is 35.5. The van der Waals surface area contributed by atoms with Crippen molar-refractivity contribution in [2.75, 3.05) is 14.2 Å². The van der Waals surface area contributed by atoms with Crippen molar-refractivity contribution < 1.29 is 9.47 Å². The minimum atomic E-state index is 0. The molecule has 0 saturated heterocycles. The second kappa shape index (κ2) is 9.79. The fraction of sp³-hybridized carbons (Fsp3) is 0.263. The molecule has 3 rings (SSSR count). The number of para-hydroxylation sites is 1. The maximum absolute atomic E-state index is 5.46. The first-order chi connectivity index (χ1) is 12.3. The van der Waals surface area contributed by atoms with Gasteiger partial charge in [-0.15, -0.1) is 12.4 Å². The van der Waals surface area contributed by atoms with Crippen LogP contribution in [0.2, 0.25) is 0 Å². The van der Waals surface area contributed by atoms with Gasteiger partial charge in [0.15, 0.2) is 11.5 Å². The van der Waals surface area contributed by atoms with Crippen molar-refractivity contribution in [3.05, 3.63) is 71.8 Å². The van der Waals surface area contributed by atoms with Crippen LogP contribution in [0.15, 0.2) is 55.1 Å². The lowest BCUT2D eigenvalue weighted by Gasteiger charge is -2.13. The normalized spacial score (nSPS) is 10.2. The van der Waals surface area contributed by atoms with E-state index in [-0.39, 0.29) is 12.4 Å². The van der Waals surface area contributed by atoms with Crippen molar-refractivity contribution in [1.82, 2.24) is 20.1 Å². The Bertz CT molecular complexity index is 792. The van der Waals surface area contributed by atoms with E-state index in [1.165, 1.54) is 11.1 Å². The Morgan fingerprint density at radius 1 is 0.962 bits per heavy atom. The third kappa shape index (κ3) is 4.97. The summed E-state index contributed by atoms with van der Waals surface area (Å²) in [6.45, 7) is 2.22. The fourth-order valence-corrected chi connectivity index (χ4v) is 2.70. The molecule has 1 N–H and O–H groups in total. The monoisotopic (exact) mass is 374 g/mol. The zero-order chi connectivity index (χ0) is 17.5. The highest BCUT2D eigenvalue weighted by Crippen LogP contribution is 2.30. The molecule has 0 atom stereocenters. The van der Waals surface area contributed by atoms with Crippen LogP contribution in [-0.4, -0.2) is 29.0 Å². The Morgan fingerprint density at radius 3 is 2.38 bits per heavy atom. The quantitative estimate of drug-likeness (QED) is 0.656. The number of rotatable bonds is 8. The van der Waals surface area contributed by atoms with Gasteiger partial charge in [0.1, 0.15) is 12.7 Å². The zero-order valence-electron chi connectivity index (χ0n) is 14.9. The molecule has 3 aromatic rings. The molecular weight excluding hydrogens is 352 g/mol. The predicted molar refractivity (Wildman–Crippen MR) is 103 cm³/mol. The molecule has 6 nitrogen and oxygen atoms in total. The van der Waals surface area contributed by atoms with Gasteiger partial charge in [0.25, 0.3) is 0 Å². The Balaban J connectivity index is 0.00000243. The molecule has 0 aliphatic heterocycles. The van der Waals surface area contributed by atoms with Gasteiger partial charge in [-0.25, -0.2) is 9.67 Å². The summed E-state index contributed by atoms with van der Waals surface area (Å²) in [6, 6.07) is 14.4. The van der Waals surface area contributed by atoms with Gasteiger partial charge in [0.05, 0.1) is 20.8 Å². The number of nitrogens with zero attached hydrogens (tertiary/aromatic N) is 3. The van der Waals surface area contributed by atoms with Crippen LogP contribution in [-0.2, 0) is 19.6 Å². The second-order valence-corrected chi connectivity index (χ2v) is 5.67. The molecular formula is C19H23ClN4O2. The van der Waals surface area contributed by atoms with E-state index in [1.54, 1.807) is 26.9 Å². The zero-order valence-corrected chi connectivity index (χ0v) is 15.7. The van der Waals surface area contributed by atoms with E-state index in [0.717, 1.165) is 30.2 Å². The van der Waals surface area contributed by atoms with Crippen molar-refractivity contribution in [3.8, 4) is 11.5 Å². The molecule has 0 amide bonds. The van der Waals surface area contributed by atoms with Crippen LogP contribution in [0, 0.1) is 0 Å². The molecule has 0 spiro atoms. The molecule has 26 heavy (non-hydrogen) atoms. The maximum atomic E-state index is 5.46. The average Bonchev–Trinajstić information content (AvgIpc) is 3.16. The summed E-state index contributed by atoms with van der Waals surface area (Å²) in [5.74, 6) is 1.53. The van der Waals surface area contributed by atoms with Crippen LogP contribution in [0.1, 0.15) is 16.7 Å². The summed E-state index contributed by atoms with van der Waals surface area (Å²) in [6.07, 6.45) is 3.27. The molecule has 0 unspecified atom stereocenters. The summed E-state index contributed by atoms with van der Waals surface area (Å²) in [5.41, 5.74) is 3.50. The van der Waals surface area contributed by atoms with E-state index in [0.29, 0.717) is 6.54 Å². The predicted octanol–water partition coefficient (Wildman–Crippen LogP) is 3.06. The SMILES string of the molecule is COc1cccc(CNCc2ccc(Cn3cncn3)cc2)c1OC.Cl. The highest BCUT2D eigenvalue weighted by molar-refractivity contribution is 5.85. The van der Waals surface area contributed by atoms with E-state index < -0.39 is 0 Å².